The minimum absolute atomic E-state index is 0.147. The molecule has 1 aromatic carbocycles. The predicted octanol–water partition coefficient (Wildman–Crippen LogP) is 2.12. The minimum Gasteiger partial charge on any atom is -0.497 e. The molecule has 4 rings (SSSR count). The first kappa shape index (κ1) is 20.3. The maximum Gasteiger partial charge on any atom is 0.253 e. The van der Waals surface area contributed by atoms with Crippen LogP contribution in [0.3, 0.4) is 0 Å². The predicted molar refractivity (Wildman–Crippen MR) is 115 cm³/mol. The normalized spacial score (nSPS) is 15.0. The number of carbonyl (C=O) groups excluding carboxylic acids is 1. The third-order valence-corrected chi connectivity index (χ3v) is 5.90. The molecule has 0 bridgehead atoms. The van der Waals surface area contributed by atoms with E-state index in [1.807, 2.05) is 43.0 Å². The number of methoxy groups -OCH3 is 1. The second-order valence-corrected chi connectivity index (χ2v) is 7.63. The minimum atomic E-state index is 0.147. The van der Waals surface area contributed by atoms with Crippen molar-refractivity contribution in [3.63, 3.8) is 0 Å². The first-order valence-corrected chi connectivity index (χ1v) is 10.4. The molecule has 1 aliphatic heterocycles. The molecule has 30 heavy (non-hydrogen) atoms. The summed E-state index contributed by atoms with van der Waals surface area (Å²) in [6.45, 7) is 10.5. The van der Waals surface area contributed by atoms with E-state index in [9.17, 15) is 4.79 Å². The second-order valence-electron chi connectivity index (χ2n) is 7.63. The van der Waals surface area contributed by atoms with Crippen LogP contribution in [0.1, 0.15) is 23.9 Å². The molecule has 8 nitrogen and oxygen atoms in total. The molecule has 2 aromatic heterocycles. The summed E-state index contributed by atoms with van der Waals surface area (Å²) >= 11 is 0. The van der Waals surface area contributed by atoms with Crippen molar-refractivity contribution < 1.29 is 9.53 Å². The largest absolute Gasteiger partial charge is 0.497 e. The lowest BCUT2D eigenvalue weighted by atomic mass is 10.1. The highest BCUT2D eigenvalue weighted by Gasteiger charge is 2.23. The molecular weight excluding hydrogens is 380 g/mol. The lowest BCUT2D eigenvalue weighted by Gasteiger charge is -2.34. The first-order chi connectivity index (χ1) is 14.5. The van der Waals surface area contributed by atoms with Crippen LogP contribution >= 0.6 is 0 Å². The Labute approximate surface area is 176 Å². The van der Waals surface area contributed by atoms with E-state index < -0.39 is 0 Å². The van der Waals surface area contributed by atoms with E-state index in [-0.39, 0.29) is 5.91 Å². The number of benzene rings is 1. The smallest absolute Gasteiger partial charge is 0.253 e. The number of hydrogen-bond donors (Lipinski definition) is 0. The zero-order valence-corrected chi connectivity index (χ0v) is 18.1. The number of ether oxygens (including phenoxy) is 1. The SMILES string of the molecule is CCN1CCN(C(=O)Cc2c(C)nc3nc(-c4ccc(OC)cc4)nn3c2C)CC1. The summed E-state index contributed by atoms with van der Waals surface area (Å²) in [5.41, 5.74) is 3.56. The van der Waals surface area contributed by atoms with Gasteiger partial charge in [-0.05, 0) is 44.7 Å². The van der Waals surface area contributed by atoms with Gasteiger partial charge >= 0.3 is 0 Å². The average Bonchev–Trinajstić information content (AvgIpc) is 3.20. The van der Waals surface area contributed by atoms with Crippen LogP contribution in [0.15, 0.2) is 24.3 Å². The third kappa shape index (κ3) is 3.87. The number of nitrogens with zero attached hydrogens (tertiary/aromatic N) is 6. The molecule has 0 atom stereocenters. The molecule has 0 spiro atoms. The van der Waals surface area contributed by atoms with E-state index in [1.54, 1.807) is 11.6 Å². The lowest BCUT2D eigenvalue weighted by Crippen LogP contribution is -2.49. The third-order valence-electron chi connectivity index (χ3n) is 5.90. The number of rotatable bonds is 5. The van der Waals surface area contributed by atoms with E-state index in [0.717, 1.165) is 61.0 Å². The van der Waals surface area contributed by atoms with E-state index in [1.165, 1.54) is 0 Å². The molecule has 8 heteroatoms. The summed E-state index contributed by atoms with van der Waals surface area (Å²) in [5, 5.41) is 4.65. The van der Waals surface area contributed by atoms with Crippen LogP contribution in [0.2, 0.25) is 0 Å². The quantitative estimate of drug-likeness (QED) is 0.644. The van der Waals surface area contributed by atoms with Gasteiger partial charge in [-0.25, -0.2) is 9.50 Å². The van der Waals surface area contributed by atoms with Crippen molar-refractivity contribution >= 4 is 11.7 Å². The number of fused-ring (bicyclic) bond motifs is 1. The van der Waals surface area contributed by atoms with Crippen molar-refractivity contribution in [3.05, 3.63) is 41.2 Å². The molecule has 0 unspecified atom stereocenters. The molecule has 0 saturated carbocycles. The second kappa shape index (κ2) is 8.39. The van der Waals surface area contributed by atoms with E-state index in [2.05, 4.69) is 26.9 Å². The molecule has 1 saturated heterocycles. The van der Waals surface area contributed by atoms with Crippen molar-refractivity contribution in [2.24, 2.45) is 0 Å². The molecule has 158 valence electrons. The molecule has 3 aromatic rings. The van der Waals surface area contributed by atoms with Crippen molar-refractivity contribution in [1.29, 1.82) is 0 Å². The number of aromatic nitrogens is 4. The van der Waals surface area contributed by atoms with Gasteiger partial charge in [0.1, 0.15) is 5.75 Å². The summed E-state index contributed by atoms with van der Waals surface area (Å²) in [6, 6.07) is 7.62. The number of aryl methyl sites for hydroxylation is 2. The van der Waals surface area contributed by atoms with Crippen LogP contribution in [0.4, 0.5) is 0 Å². The highest BCUT2D eigenvalue weighted by molar-refractivity contribution is 5.79. The van der Waals surface area contributed by atoms with Crippen LogP contribution in [0.25, 0.3) is 17.2 Å². The zero-order chi connectivity index (χ0) is 21.3. The molecule has 0 aliphatic carbocycles. The summed E-state index contributed by atoms with van der Waals surface area (Å²) in [6.07, 6.45) is 0.338. The number of amides is 1. The number of piperazine rings is 1. The molecule has 3 heterocycles. The molecular formula is C22H28N6O2. The van der Waals surface area contributed by atoms with Gasteiger partial charge in [0, 0.05) is 48.7 Å². The van der Waals surface area contributed by atoms with Gasteiger partial charge in [0.25, 0.3) is 5.78 Å². The van der Waals surface area contributed by atoms with Gasteiger partial charge in [-0.3, -0.25) is 4.79 Å². The molecule has 0 N–H and O–H groups in total. The van der Waals surface area contributed by atoms with Gasteiger partial charge in [0.05, 0.1) is 13.5 Å². The fraction of sp³-hybridized carbons (Fsp3) is 0.455. The Morgan fingerprint density at radius 1 is 1.07 bits per heavy atom. The van der Waals surface area contributed by atoms with Gasteiger partial charge < -0.3 is 14.5 Å². The number of carbonyl (C=O) groups is 1. The lowest BCUT2D eigenvalue weighted by molar-refractivity contribution is -0.132. The standard InChI is InChI=1S/C22H28N6O2/c1-5-26-10-12-27(13-11-26)20(29)14-19-15(2)23-22-24-21(25-28(22)16(19)3)17-6-8-18(30-4)9-7-17/h6-9H,5,10-14H2,1-4H3. The zero-order valence-electron chi connectivity index (χ0n) is 18.1. The Bertz CT molecular complexity index is 1050. The molecule has 1 amide bonds. The Morgan fingerprint density at radius 2 is 1.77 bits per heavy atom. The molecule has 1 aliphatic rings. The van der Waals surface area contributed by atoms with Crippen LogP contribution in [-0.4, -0.2) is 75.1 Å². The van der Waals surface area contributed by atoms with Crippen molar-refractivity contribution in [2.75, 3.05) is 39.8 Å². The Kier molecular flexibility index (Phi) is 5.67. The number of hydrogen-bond acceptors (Lipinski definition) is 6. The maximum atomic E-state index is 12.9. The van der Waals surface area contributed by atoms with Crippen LogP contribution < -0.4 is 4.74 Å². The van der Waals surface area contributed by atoms with Crippen LogP contribution in [-0.2, 0) is 11.2 Å². The highest BCUT2D eigenvalue weighted by Crippen LogP contribution is 2.22. The summed E-state index contributed by atoms with van der Waals surface area (Å²) < 4.78 is 6.96. The van der Waals surface area contributed by atoms with Crippen molar-refractivity contribution in [1.82, 2.24) is 29.4 Å². The summed E-state index contributed by atoms with van der Waals surface area (Å²) in [5.74, 6) is 2.08. The number of likely N-dealkylation sites (N-methyl/N-ethyl adjacent to an activating group) is 1. The van der Waals surface area contributed by atoms with Gasteiger partial charge in [-0.2, -0.15) is 4.98 Å². The Hall–Kier alpha value is -3.00. The van der Waals surface area contributed by atoms with Crippen molar-refractivity contribution in [3.8, 4) is 17.1 Å². The fourth-order valence-corrected chi connectivity index (χ4v) is 3.90. The molecule has 1 fully saturated rings. The van der Waals surface area contributed by atoms with Gasteiger partial charge in [-0.15, -0.1) is 5.10 Å². The van der Waals surface area contributed by atoms with Crippen LogP contribution in [0.5, 0.6) is 5.75 Å². The first-order valence-electron chi connectivity index (χ1n) is 10.4. The van der Waals surface area contributed by atoms with E-state index in [4.69, 9.17) is 4.74 Å². The Balaban J connectivity index is 1.59. The topological polar surface area (TPSA) is 75.9 Å². The summed E-state index contributed by atoms with van der Waals surface area (Å²) in [4.78, 5) is 26.4. The van der Waals surface area contributed by atoms with Crippen molar-refractivity contribution in [2.45, 2.75) is 27.2 Å². The van der Waals surface area contributed by atoms with E-state index >= 15 is 0 Å². The van der Waals surface area contributed by atoms with Gasteiger partial charge in [0.15, 0.2) is 5.82 Å². The monoisotopic (exact) mass is 408 g/mol. The maximum absolute atomic E-state index is 12.9. The fourth-order valence-electron chi connectivity index (χ4n) is 3.90. The summed E-state index contributed by atoms with van der Waals surface area (Å²) in [7, 11) is 1.64. The van der Waals surface area contributed by atoms with Gasteiger partial charge in [0.2, 0.25) is 5.91 Å². The Morgan fingerprint density at radius 3 is 2.40 bits per heavy atom. The van der Waals surface area contributed by atoms with Gasteiger partial charge in [-0.1, -0.05) is 6.92 Å². The average molecular weight is 409 g/mol. The molecule has 0 radical (unpaired) electrons. The van der Waals surface area contributed by atoms with E-state index in [0.29, 0.717) is 18.0 Å². The highest BCUT2D eigenvalue weighted by atomic mass is 16.5. The van der Waals surface area contributed by atoms with Crippen LogP contribution in [0, 0.1) is 13.8 Å².